The van der Waals surface area contributed by atoms with Crippen LogP contribution >= 0.6 is 28.3 Å². The molecular weight excluding hydrogens is 316 g/mol. The Balaban J connectivity index is 0.00000162. The monoisotopic (exact) mass is 332 g/mol. The second-order valence-electron chi connectivity index (χ2n) is 4.31. The molecule has 0 saturated carbocycles. The maximum atomic E-state index is 12.0. The van der Waals surface area contributed by atoms with E-state index in [1.807, 2.05) is 23.1 Å². The summed E-state index contributed by atoms with van der Waals surface area (Å²) in [5, 5.41) is 0. The maximum Gasteiger partial charge on any atom is 0.224 e. The van der Waals surface area contributed by atoms with Gasteiger partial charge in [0.25, 0.3) is 0 Å². The molecule has 2 rings (SSSR count). The molecule has 0 spiro atoms. The van der Waals surface area contributed by atoms with E-state index in [2.05, 4.69) is 22.0 Å². The molecule has 0 aromatic heterocycles. The number of benzene rings is 1. The number of rotatable bonds is 3. The average molecular weight is 334 g/mol. The smallest absolute Gasteiger partial charge is 0.224 e. The fourth-order valence-corrected chi connectivity index (χ4v) is 2.95. The van der Waals surface area contributed by atoms with E-state index < -0.39 is 0 Å². The van der Waals surface area contributed by atoms with Gasteiger partial charge in [-0.25, -0.2) is 0 Å². The zero-order valence-corrected chi connectivity index (χ0v) is 12.5. The first kappa shape index (κ1) is 15.5. The largest absolute Gasteiger partial charge is 0.336 e. The molecule has 18 heavy (non-hydrogen) atoms. The van der Waals surface area contributed by atoms with Gasteiger partial charge >= 0.3 is 0 Å². The topological polar surface area (TPSA) is 46.3 Å². The molecule has 1 atom stereocenters. The van der Waals surface area contributed by atoms with Crippen molar-refractivity contribution in [3.8, 4) is 0 Å². The summed E-state index contributed by atoms with van der Waals surface area (Å²) in [6.07, 6.45) is 2.56. The molecule has 1 fully saturated rings. The Morgan fingerprint density at radius 1 is 1.44 bits per heavy atom. The van der Waals surface area contributed by atoms with E-state index in [9.17, 15) is 4.79 Å². The minimum absolute atomic E-state index is 0. The van der Waals surface area contributed by atoms with Crippen molar-refractivity contribution in [3.05, 3.63) is 34.3 Å². The molecule has 3 nitrogen and oxygen atoms in total. The Morgan fingerprint density at radius 3 is 2.83 bits per heavy atom. The first-order chi connectivity index (χ1) is 8.24. The van der Waals surface area contributed by atoms with Crippen LogP contribution in [-0.4, -0.2) is 23.9 Å². The van der Waals surface area contributed by atoms with Gasteiger partial charge in [0.1, 0.15) is 0 Å². The highest BCUT2D eigenvalue weighted by molar-refractivity contribution is 9.10. The van der Waals surface area contributed by atoms with Crippen LogP contribution in [0.5, 0.6) is 0 Å². The molecule has 1 aromatic rings. The van der Waals surface area contributed by atoms with Crippen molar-refractivity contribution in [1.82, 2.24) is 4.90 Å². The lowest BCUT2D eigenvalue weighted by Crippen LogP contribution is -2.32. The Hall–Kier alpha value is -0.580. The van der Waals surface area contributed by atoms with Crippen LogP contribution in [0.25, 0.3) is 0 Å². The fraction of sp³-hybridized carbons (Fsp3) is 0.462. The first-order valence-corrected chi connectivity index (χ1v) is 6.77. The third-order valence-corrected chi connectivity index (χ3v) is 3.92. The van der Waals surface area contributed by atoms with Crippen molar-refractivity contribution in [3.63, 3.8) is 0 Å². The zero-order valence-electron chi connectivity index (χ0n) is 10.1. The van der Waals surface area contributed by atoms with Gasteiger partial charge in [0.15, 0.2) is 0 Å². The van der Waals surface area contributed by atoms with E-state index in [4.69, 9.17) is 5.73 Å². The van der Waals surface area contributed by atoms with E-state index in [1.54, 1.807) is 0 Å². The number of amides is 1. The number of hydrogen-bond donors (Lipinski definition) is 1. The van der Waals surface area contributed by atoms with E-state index in [0.717, 1.165) is 23.9 Å². The van der Waals surface area contributed by atoms with Gasteiger partial charge in [-0.15, -0.1) is 12.4 Å². The highest BCUT2D eigenvalue weighted by Crippen LogP contribution is 2.35. The number of hydrogen-bond acceptors (Lipinski definition) is 2. The number of carbonyl (C=O) groups is 1. The molecule has 100 valence electrons. The number of halogens is 2. The lowest BCUT2D eigenvalue weighted by atomic mass is 10.0. The molecule has 1 aromatic carbocycles. The van der Waals surface area contributed by atoms with Gasteiger partial charge in [-0.2, -0.15) is 0 Å². The van der Waals surface area contributed by atoms with Crippen LogP contribution in [0.2, 0.25) is 0 Å². The van der Waals surface area contributed by atoms with Crippen LogP contribution in [0.1, 0.15) is 30.9 Å². The quantitative estimate of drug-likeness (QED) is 0.924. The highest BCUT2D eigenvalue weighted by atomic mass is 79.9. The second-order valence-corrected chi connectivity index (χ2v) is 5.16. The van der Waals surface area contributed by atoms with Crippen LogP contribution in [0, 0.1) is 0 Å². The maximum absolute atomic E-state index is 12.0. The number of likely N-dealkylation sites (tertiary alicyclic amines) is 1. The Labute approximate surface area is 122 Å². The van der Waals surface area contributed by atoms with Crippen molar-refractivity contribution in [1.29, 1.82) is 0 Å². The van der Waals surface area contributed by atoms with E-state index in [1.165, 1.54) is 5.56 Å². The summed E-state index contributed by atoms with van der Waals surface area (Å²) in [5.74, 6) is 0.172. The number of carbonyl (C=O) groups excluding carboxylic acids is 1. The van der Waals surface area contributed by atoms with E-state index in [0.29, 0.717) is 13.0 Å². The van der Waals surface area contributed by atoms with Crippen LogP contribution in [0.3, 0.4) is 0 Å². The molecule has 1 heterocycles. The first-order valence-electron chi connectivity index (χ1n) is 5.98. The van der Waals surface area contributed by atoms with E-state index in [-0.39, 0.29) is 24.4 Å². The van der Waals surface area contributed by atoms with Gasteiger partial charge in [-0.1, -0.05) is 34.1 Å². The molecule has 2 N–H and O–H groups in total. The summed E-state index contributed by atoms with van der Waals surface area (Å²) in [6, 6.07) is 8.34. The molecule has 0 radical (unpaired) electrons. The molecule has 1 aliphatic rings. The molecule has 1 unspecified atom stereocenters. The summed E-state index contributed by atoms with van der Waals surface area (Å²) < 4.78 is 1.08. The predicted molar refractivity (Wildman–Crippen MR) is 78.7 cm³/mol. The molecule has 0 bridgehead atoms. The lowest BCUT2D eigenvalue weighted by molar-refractivity contribution is -0.131. The normalized spacial score (nSPS) is 18.6. The number of nitrogens with two attached hydrogens (primary N) is 1. The Morgan fingerprint density at radius 2 is 2.17 bits per heavy atom. The lowest BCUT2D eigenvalue weighted by Gasteiger charge is -2.25. The van der Waals surface area contributed by atoms with Gasteiger partial charge in [0.2, 0.25) is 5.91 Å². The van der Waals surface area contributed by atoms with Crippen LogP contribution in [0.4, 0.5) is 0 Å². The Bertz CT molecular complexity index is 414. The second kappa shape index (κ2) is 7.12. The summed E-state index contributed by atoms with van der Waals surface area (Å²) in [6.45, 7) is 1.28. The third-order valence-electron chi connectivity index (χ3n) is 3.20. The Kier molecular flexibility index (Phi) is 6.12. The van der Waals surface area contributed by atoms with Gasteiger partial charge in [-0.05, 0) is 24.5 Å². The van der Waals surface area contributed by atoms with Gasteiger partial charge in [-0.3, -0.25) is 4.79 Å². The van der Waals surface area contributed by atoms with Gasteiger partial charge in [0.05, 0.1) is 6.04 Å². The minimum atomic E-state index is 0. The van der Waals surface area contributed by atoms with Gasteiger partial charge in [0, 0.05) is 24.0 Å². The minimum Gasteiger partial charge on any atom is -0.336 e. The SMILES string of the molecule is Cl.NCCC(=O)N1CCCC1c1ccccc1Br. The summed E-state index contributed by atoms with van der Waals surface area (Å²) in [4.78, 5) is 13.9. The number of nitrogens with zero attached hydrogens (tertiary/aromatic N) is 1. The summed E-state index contributed by atoms with van der Waals surface area (Å²) in [7, 11) is 0. The van der Waals surface area contributed by atoms with Crippen molar-refractivity contribution in [2.24, 2.45) is 5.73 Å². The molecule has 0 aliphatic carbocycles. The van der Waals surface area contributed by atoms with Crippen molar-refractivity contribution < 1.29 is 4.79 Å². The molecular formula is C13H18BrClN2O. The molecule has 1 aliphatic heterocycles. The summed E-state index contributed by atoms with van der Waals surface area (Å²) >= 11 is 3.56. The van der Waals surface area contributed by atoms with Crippen LogP contribution in [-0.2, 0) is 4.79 Å². The molecule has 5 heteroatoms. The average Bonchev–Trinajstić information content (AvgIpc) is 2.79. The van der Waals surface area contributed by atoms with Crippen LogP contribution in [0.15, 0.2) is 28.7 Å². The zero-order chi connectivity index (χ0) is 12.3. The van der Waals surface area contributed by atoms with E-state index >= 15 is 0 Å². The third kappa shape index (κ3) is 3.25. The summed E-state index contributed by atoms with van der Waals surface area (Å²) in [5.41, 5.74) is 6.66. The van der Waals surface area contributed by atoms with Gasteiger partial charge < -0.3 is 10.6 Å². The van der Waals surface area contributed by atoms with Crippen molar-refractivity contribution in [2.45, 2.75) is 25.3 Å². The van der Waals surface area contributed by atoms with Crippen LogP contribution < -0.4 is 5.73 Å². The van der Waals surface area contributed by atoms with Crippen molar-refractivity contribution >= 4 is 34.2 Å². The standard InChI is InChI=1S/C13H17BrN2O.ClH/c14-11-5-2-1-4-10(11)12-6-3-9-16(12)13(17)7-8-15;/h1-2,4-5,12H,3,6-9,15H2;1H. The highest BCUT2D eigenvalue weighted by Gasteiger charge is 2.30. The molecule has 1 saturated heterocycles. The van der Waals surface area contributed by atoms with Crippen molar-refractivity contribution in [2.75, 3.05) is 13.1 Å². The predicted octanol–water partition coefficient (Wildman–Crippen LogP) is 2.88. The fourth-order valence-electron chi connectivity index (χ4n) is 2.40. The molecule has 1 amide bonds.